The van der Waals surface area contributed by atoms with Gasteiger partial charge in [-0.3, -0.25) is 0 Å². The third-order valence-electron chi connectivity index (χ3n) is 4.05. The lowest BCUT2D eigenvalue weighted by Gasteiger charge is -2.43. The van der Waals surface area contributed by atoms with Crippen molar-refractivity contribution in [1.82, 2.24) is 0 Å². The first-order valence-electron chi connectivity index (χ1n) is 7.42. The molecule has 3 rings (SSSR count). The maximum absolute atomic E-state index is 11.7. The minimum Gasteiger partial charge on any atom is -0.475 e. The summed E-state index contributed by atoms with van der Waals surface area (Å²) in [6, 6.07) is 9.82. The van der Waals surface area contributed by atoms with E-state index < -0.39 is 17.9 Å². The van der Waals surface area contributed by atoms with Crippen LogP contribution in [0.5, 0.6) is 0 Å². The monoisotopic (exact) mass is 304 g/mol. The summed E-state index contributed by atoms with van der Waals surface area (Å²) in [4.78, 5) is 11.7. The SMILES string of the molecule is COC(=O)C1=CCC[C@@H]2O[C@H](c3ccccc3)OC[C@@]2(C)O1. The molecule has 0 N–H and O–H groups in total. The second-order valence-corrected chi connectivity index (χ2v) is 5.73. The molecule has 0 radical (unpaired) electrons. The van der Waals surface area contributed by atoms with E-state index in [-0.39, 0.29) is 11.9 Å². The Morgan fingerprint density at radius 3 is 2.82 bits per heavy atom. The summed E-state index contributed by atoms with van der Waals surface area (Å²) in [5.74, 6) is -0.232. The van der Waals surface area contributed by atoms with E-state index in [2.05, 4.69) is 0 Å². The summed E-state index contributed by atoms with van der Waals surface area (Å²) in [5.41, 5.74) is 0.289. The molecule has 0 aromatic heterocycles. The van der Waals surface area contributed by atoms with Crippen molar-refractivity contribution in [2.75, 3.05) is 13.7 Å². The topological polar surface area (TPSA) is 54.0 Å². The van der Waals surface area contributed by atoms with Crippen LogP contribution in [0.25, 0.3) is 0 Å². The van der Waals surface area contributed by atoms with E-state index in [9.17, 15) is 4.79 Å². The van der Waals surface area contributed by atoms with E-state index in [1.807, 2.05) is 37.3 Å². The highest BCUT2D eigenvalue weighted by Crippen LogP contribution is 2.38. The van der Waals surface area contributed by atoms with Crippen LogP contribution in [0.3, 0.4) is 0 Å². The summed E-state index contributed by atoms with van der Waals surface area (Å²) in [6.45, 7) is 2.26. The van der Waals surface area contributed by atoms with E-state index in [0.29, 0.717) is 13.0 Å². The second-order valence-electron chi connectivity index (χ2n) is 5.73. The van der Waals surface area contributed by atoms with Crippen molar-refractivity contribution in [1.29, 1.82) is 0 Å². The fourth-order valence-electron chi connectivity index (χ4n) is 2.80. The van der Waals surface area contributed by atoms with Gasteiger partial charge in [-0.1, -0.05) is 30.3 Å². The molecule has 0 amide bonds. The number of carbonyl (C=O) groups is 1. The van der Waals surface area contributed by atoms with Gasteiger partial charge in [-0.15, -0.1) is 0 Å². The molecule has 2 heterocycles. The highest BCUT2D eigenvalue weighted by molar-refractivity contribution is 5.86. The Kier molecular flexibility index (Phi) is 4.18. The molecule has 5 nitrogen and oxygen atoms in total. The molecule has 1 aromatic carbocycles. The van der Waals surface area contributed by atoms with Crippen molar-refractivity contribution in [2.24, 2.45) is 0 Å². The van der Waals surface area contributed by atoms with Gasteiger partial charge >= 0.3 is 5.97 Å². The Morgan fingerprint density at radius 2 is 2.09 bits per heavy atom. The van der Waals surface area contributed by atoms with Crippen LogP contribution in [0.1, 0.15) is 31.6 Å². The van der Waals surface area contributed by atoms with Crippen molar-refractivity contribution >= 4 is 5.97 Å². The van der Waals surface area contributed by atoms with Crippen LogP contribution in [-0.2, 0) is 23.7 Å². The third-order valence-corrected chi connectivity index (χ3v) is 4.05. The lowest BCUT2D eigenvalue weighted by atomic mass is 9.95. The Labute approximate surface area is 129 Å². The van der Waals surface area contributed by atoms with Gasteiger partial charge in [-0.2, -0.15) is 0 Å². The number of rotatable bonds is 2. The average Bonchev–Trinajstić information content (AvgIpc) is 2.73. The van der Waals surface area contributed by atoms with Crippen LogP contribution in [-0.4, -0.2) is 31.4 Å². The van der Waals surface area contributed by atoms with Crippen molar-refractivity contribution in [3.05, 3.63) is 47.7 Å². The molecule has 2 aliphatic heterocycles. The second kappa shape index (κ2) is 6.10. The number of esters is 1. The lowest BCUT2D eigenvalue weighted by Crippen LogP contribution is -2.51. The fourth-order valence-corrected chi connectivity index (χ4v) is 2.80. The molecule has 1 fully saturated rings. The fraction of sp³-hybridized carbons (Fsp3) is 0.471. The number of benzene rings is 1. The van der Waals surface area contributed by atoms with Crippen molar-refractivity contribution < 1.29 is 23.7 Å². The number of carbonyl (C=O) groups excluding carboxylic acids is 1. The van der Waals surface area contributed by atoms with Crippen LogP contribution < -0.4 is 0 Å². The van der Waals surface area contributed by atoms with Crippen LogP contribution >= 0.6 is 0 Å². The molecule has 0 bridgehead atoms. The normalized spacial score (nSPS) is 31.3. The number of hydrogen-bond donors (Lipinski definition) is 0. The van der Waals surface area contributed by atoms with Crippen molar-refractivity contribution in [2.45, 2.75) is 37.8 Å². The maximum Gasteiger partial charge on any atom is 0.372 e. The van der Waals surface area contributed by atoms with Gasteiger partial charge in [-0.25, -0.2) is 4.79 Å². The molecular weight excluding hydrogens is 284 g/mol. The summed E-state index contributed by atoms with van der Waals surface area (Å²) < 4.78 is 22.5. The number of ether oxygens (including phenoxy) is 4. The van der Waals surface area contributed by atoms with Crippen LogP contribution in [0.4, 0.5) is 0 Å². The molecule has 5 heteroatoms. The first-order valence-corrected chi connectivity index (χ1v) is 7.42. The van der Waals surface area contributed by atoms with Gasteiger partial charge in [-0.05, 0) is 25.8 Å². The Balaban J connectivity index is 1.76. The van der Waals surface area contributed by atoms with Crippen LogP contribution in [0, 0.1) is 0 Å². The molecular formula is C17H20O5. The van der Waals surface area contributed by atoms with E-state index in [0.717, 1.165) is 12.0 Å². The predicted molar refractivity (Wildman–Crippen MR) is 78.8 cm³/mol. The predicted octanol–water partition coefficient (Wildman–Crippen LogP) is 2.73. The average molecular weight is 304 g/mol. The standard InChI is InChI=1S/C17H20O5/c1-17-11-20-16(12-7-4-3-5-8-12)21-14(17)10-6-9-13(22-17)15(18)19-2/h3-5,7-9,14,16H,6,10-11H2,1-2H3/t14-,16+,17+/m0/s1. The number of allylic oxidation sites excluding steroid dienone is 1. The number of hydrogen-bond acceptors (Lipinski definition) is 5. The highest BCUT2D eigenvalue weighted by atomic mass is 16.7. The zero-order valence-electron chi connectivity index (χ0n) is 12.8. The Hall–Kier alpha value is -1.85. The zero-order chi connectivity index (χ0) is 15.6. The van der Waals surface area contributed by atoms with Crippen LogP contribution in [0.2, 0.25) is 0 Å². The lowest BCUT2D eigenvalue weighted by molar-refractivity contribution is -0.291. The number of fused-ring (bicyclic) bond motifs is 1. The van der Waals surface area contributed by atoms with Crippen LogP contribution in [0.15, 0.2) is 42.2 Å². The summed E-state index contributed by atoms with van der Waals surface area (Å²) in [5, 5.41) is 0. The Bertz CT molecular complexity index is 568. The van der Waals surface area contributed by atoms with Gasteiger partial charge in [0.1, 0.15) is 6.10 Å². The summed E-state index contributed by atoms with van der Waals surface area (Å²) in [6.07, 6.45) is 2.68. The smallest absolute Gasteiger partial charge is 0.372 e. The van der Waals surface area contributed by atoms with Gasteiger partial charge in [0.05, 0.1) is 13.7 Å². The molecule has 118 valence electrons. The van der Waals surface area contributed by atoms with Crippen molar-refractivity contribution in [3.63, 3.8) is 0 Å². The molecule has 0 unspecified atom stereocenters. The largest absolute Gasteiger partial charge is 0.475 e. The first kappa shape index (κ1) is 15.1. The Morgan fingerprint density at radius 1 is 1.32 bits per heavy atom. The molecule has 0 spiro atoms. The third kappa shape index (κ3) is 2.87. The van der Waals surface area contributed by atoms with Crippen molar-refractivity contribution in [3.8, 4) is 0 Å². The van der Waals surface area contributed by atoms with Gasteiger partial charge < -0.3 is 18.9 Å². The molecule has 1 saturated heterocycles. The molecule has 3 atom stereocenters. The first-order chi connectivity index (χ1) is 10.6. The van der Waals surface area contributed by atoms with Gasteiger partial charge in [0.15, 0.2) is 11.9 Å². The molecule has 2 aliphatic rings. The number of methoxy groups -OCH3 is 1. The minimum absolute atomic E-state index is 0.148. The van der Waals surface area contributed by atoms with Gasteiger partial charge in [0.2, 0.25) is 5.76 Å². The summed E-state index contributed by atoms with van der Waals surface area (Å²) in [7, 11) is 1.34. The maximum atomic E-state index is 11.7. The van der Waals surface area contributed by atoms with Gasteiger partial charge in [0, 0.05) is 5.56 Å². The van der Waals surface area contributed by atoms with E-state index in [4.69, 9.17) is 18.9 Å². The van der Waals surface area contributed by atoms with Gasteiger partial charge in [0.25, 0.3) is 0 Å². The molecule has 0 aliphatic carbocycles. The van der Waals surface area contributed by atoms with E-state index in [1.165, 1.54) is 7.11 Å². The minimum atomic E-state index is -0.693. The quantitative estimate of drug-likeness (QED) is 0.786. The van der Waals surface area contributed by atoms with E-state index in [1.54, 1.807) is 6.08 Å². The molecule has 22 heavy (non-hydrogen) atoms. The van der Waals surface area contributed by atoms with E-state index >= 15 is 0 Å². The molecule has 1 aromatic rings. The zero-order valence-corrected chi connectivity index (χ0v) is 12.8. The highest BCUT2D eigenvalue weighted by Gasteiger charge is 2.46. The summed E-state index contributed by atoms with van der Waals surface area (Å²) >= 11 is 0. The molecule has 0 saturated carbocycles.